The third-order valence-corrected chi connectivity index (χ3v) is 5.03. The number of rotatable bonds is 5. The summed E-state index contributed by atoms with van der Waals surface area (Å²) in [4.78, 5) is 18.5. The van der Waals surface area contributed by atoms with Gasteiger partial charge in [0.05, 0.1) is 22.7 Å². The highest BCUT2D eigenvalue weighted by molar-refractivity contribution is 6.33. The molecule has 2 aromatic carbocycles. The first-order chi connectivity index (χ1) is 12.5. The molecule has 0 heterocycles. The molecule has 26 heavy (non-hydrogen) atoms. The Kier molecular flexibility index (Phi) is 5.62. The number of anilines is 2. The molecule has 0 bridgehead atoms. The fourth-order valence-electron chi connectivity index (χ4n) is 3.03. The topological polar surface area (TPSA) is 44.7 Å². The highest BCUT2D eigenvalue weighted by Crippen LogP contribution is 2.33. The molecule has 1 aliphatic rings. The van der Waals surface area contributed by atoms with Crippen LogP contribution in [0, 0.1) is 6.92 Å². The number of halogens is 1. The quantitative estimate of drug-likeness (QED) is 0.557. The van der Waals surface area contributed by atoms with Crippen LogP contribution in [0.3, 0.4) is 0 Å². The summed E-state index contributed by atoms with van der Waals surface area (Å²) in [5, 5.41) is 4.00. The lowest BCUT2D eigenvalue weighted by Gasteiger charge is -2.17. The third-order valence-electron chi connectivity index (χ3n) is 4.71. The fraction of sp³-hybridized carbons (Fsp3) is 0.333. The maximum atomic E-state index is 12.0. The maximum absolute atomic E-state index is 12.0. The van der Waals surface area contributed by atoms with Gasteiger partial charge in [0.15, 0.2) is 5.78 Å². The van der Waals surface area contributed by atoms with Crippen molar-refractivity contribution >= 4 is 40.8 Å². The largest absolute Gasteiger partial charge is 0.366 e. The van der Waals surface area contributed by atoms with Gasteiger partial charge in [-0.1, -0.05) is 11.6 Å². The predicted molar refractivity (Wildman–Crippen MR) is 110 cm³/mol. The molecule has 0 saturated carbocycles. The van der Waals surface area contributed by atoms with Gasteiger partial charge >= 0.3 is 0 Å². The number of Topliss-reactive ketones (excluding diaryl/α,β-unsaturated/α-hetero) is 1. The average Bonchev–Trinajstić information content (AvgIpc) is 2.63. The van der Waals surface area contributed by atoms with Crippen LogP contribution >= 0.6 is 11.6 Å². The monoisotopic (exact) mass is 369 g/mol. The van der Waals surface area contributed by atoms with E-state index in [0.717, 1.165) is 53.1 Å². The second-order valence-corrected chi connectivity index (χ2v) is 7.12. The van der Waals surface area contributed by atoms with Gasteiger partial charge in [-0.05, 0) is 68.1 Å². The van der Waals surface area contributed by atoms with Crippen molar-refractivity contribution < 1.29 is 4.79 Å². The minimum atomic E-state index is 0.242. The summed E-state index contributed by atoms with van der Waals surface area (Å²) in [6.07, 6.45) is 4.34. The number of fused-ring (bicyclic) bond motifs is 1. The standard InChI is InChI=1S/C21H24ClN3O/c1-4-25(3)13-23-19-12-18(22)20(10-14(19)2)24-16-8-9-17-15(11-16)6-5-7-21(17)26/h8-13,24H,4-7H2,1-3H3. The molecule has 1 aliphatic carbocycles. The van der Waals surface area contributed by atoms with E-state index in [4.69, 9.17) is 11.6 Å². The van der Waals surface area contributed by atoms with Gasteiger partial charge in [-0.2, -0.15) is 0 Å². The molecule has 4 nitrogen and oxygen atoms in total. The highest BCUT2D eigenvalue weighted by atomic mass is 35.5. The first-order valence-corrected chi connectivity index (χ1v) is 9.33. The molecule has 1 N–H and O–H groups in total. The number of ketones is 1. The summed E-state index contributed by atoms with van der Waals surface area (Å²) in [5.74, 6) is 0.242. The molecule has 0 atom stereocenters. The van der Waals surface area contributed by atoms with Crippen LogP contribution in [0.5, 0.6) is 0 Å². The van der Waals surface area contributed by atoms with Crippen LogP contribution in [0.15, 0.2) is 35.3 Å². The Bertz CT molecular complexity index is 861. The minimum Gasteiger partial charge on any atom is -0.366 e. The van der Waals surface area contributed by atoms with E-state index >= 15 is 0 Å². The minimum absolute atomic E-state index is 0.242. The van der Waals surface area contributed by atoms with Gasteiger partial charge in [-0.3, -0.25) is 4.79 Å². The molecule has 0 fully saturated rings. The lowest BCUT2D eigenvalue weighted by Crippen LogP contribution is -2.14. The van der Waals surface area contributed by atoms with Gasteiger partial charge in [0.2, 0.25) is 0 Å². The molecule has 0 spiro atoms. The zero-order valence-electron chi connectivity index (χ0n) is 15.5. The van der Waals surface area contributed by atoms with E-state index < -0.39 is 0 Å². The smallest absolute Gasteiger partial charge is 0.163 e. The lowest BCUT2D eigenvalue weighted by atomic mass is 9.90. The van der Waals surface area contributed by atoms with Crippen LogP contribution in [-0.2, 0) is 6.42 Å². The molecule has 136 valence electrons. The van der Waals surface area contributed by atoms with Crippen molar-refractivity contribution in [3.8, 4) is 0 Å². The Hall–Kier alpha value is -2.33. The third kappa shape index (κ3) is 4.07. The second kappa shape index (κ2) is 7.92. The number of nitrogens with zero attached hydrogens (tertiary/aromatic N) is 2. The summed E-state index contributed by atoms with van der Waals surface area (Å²) in [6, 6.07) is 9.79. The summed E-state index contributed by atoms with van der Waals surface area (Å²) >= 11 is 6.46. The van der Waals surface area contributed by atoms with Crippen LogP contribution in [0.25, 0.3) is 0 Å². The summed E-state index contributed by atoms with van der Waals surface area (Å²) in [7, 11) is 1.98. The Morgan fingerprint density at radius 2 is 2.08 bits per heavy atom. The molecule has 0 amide bonds. The van der Waals surface area contributed by atoms with Crippen LogP contribution in [-0.4, -0.2) is 30.6 Å². The van der Waals surface area contributed by atoms with Gasteiger partial charge in [-0.15, -0.1) is 0 Å². The number of carbonyl (C=O) groups is 1. The molecular formula is C21H24ClN3O. The van der Waals surface area contributed by atoms with E-state index in [1.807, 2.05) is 49.5 Å². The average molecular weight is 370 g/mol. The second-order valence-electron chi connectivity index (χ2n) is 6.71. The number of hydrogen-bond donors (Lipinski definition) is 1. The first kappa shape index (κ1) is 18.5. The Morgan fingerprint density at radius 3 is 2.85 bits per heavy atom. The molecular weight excluding hydrogens is 346 g/mol. The zero-order valence-corrected chi connectivity index (χ0v) is 16.2. The normalized spacial score (nSPS) is 13.8. The molecule has 0 aromatic heterocycles. The van der Waals surface area contributed by atoms with E-state index in [0.29, 0.717) is 11.4 Å². The first-order valence-electron chi connectivity index (χ1n) is 8.95. The fourth-order valence-corrected chi connectivity index (χ4v) is 3.23. The van der Waals surface area contributed by atoms with E-state index in [2.05, 4.69) is 23.3 Å². The predicted octanol–water partition coefficient (Wildman–Crippen LogP) is 5.52. The Labute approximate surface area is 159 Å². The van der Waals surface area contributed by atoms with Crippen LogP contribution in [0.1, 0.15) is 41.3 Å². The van der Waals surface area contributed by atoms with Gasteiger partial charge < -0.3 is 10.2 Å². The van der Waals surface area contributed by atoms with Crippen molar-refractivity contribution in [2.24, 2.45) is 4.99 Å². The van der Waals surface area contributed by atoms with Crippen molar-refractivity contribution in [3.05, 3.63) is 52.0 Å². The number of carbonyl (C=O) groups excluding carboxylic acids is 1. The molecule has 5 heteroatoms. The van der Waals surface area contributed by atoms with Crippen molar-refractivity contribution in [3.63, 3.8) is 0 Å². The molecule has 0 radical (unpaired) electrons. The highest BCUT2D eigenvalue weighted by Gasteiger charge is 2.17. The van der Waals surface area contributed by atoms with E-state index in [-0.39, 0.29) is 5.78 Å². The number of hydrogen-bond acceptors (Lipinski definition) is 3. The zero-order chi connectivity index (χ0) is 18.7. The van der Waals surface area contributed by atoms with Gasteiger partial charge in [0, 0.05) is 31.3 Å². The molecule has 0 unspecified atom stereocenters. The molecule has 0 saturated heterocycles. The molecule has 0 aliphatic heterocycles. The van der Waals surface area contributed by atoms with Crippen LogP contribution in [0.4, 0.5) is 17.1 Å². The summed E-state index contributed by atoms with van der Waals surface area (Å²) < 4.78 is 0. The molecule has 3 rings (SSSR count). The van der Waals surface area contributed by atoms with E-state index in [1.54, 1.807) is 0 Å². The molecule has 2 aromatic rings. The van der Waals surface area contributed by atoms with Crippen molar-refractivity contribution in [1.29, 1.82) is 0 Å². The number of nitrogens with one attached hydrogen (secondary N) is 1. The SMILES string of the molecule is CCN(C)C=Nc1cc(Cl)c(Nc2ccc3c(c2)CCCC3=O)cc1C. The van der Waals surface area contributed by atoms with Crippen LogP contribution in [0.2, 0.25) is 5.02 Å². The van der Waals surface area contributed by atoms with E-state index in [9.17, 15) is 4.79 Å². The van der Waals surface area contributed by atoms with Gasteiger partial charge in [-0.25, -0.2) is 4.99 Å². The van der Waals surface area contributed by atoms with Gasteiger partial charge in [0.25, 0.3) is 0 Å². The van der Waals surface area contributed by atoms with Crippen molar-refractivity contribution in [2.75, 3.05) is 18.9 Å². The number of benzene rings is 2. The van der Waals surface area contributed by atoms with Gasteiger partial charge in [0.1, 0.15) is 0 Å². The summed E-state index contributed by atoms with van der Waals surface area (Å²) in [5.41, 5.74) is 5.66. The van der Waals surface area contributed by atoms with E-state index in [1.165, 1.54) is 0 Å². The van der Waals surface area contributed by atoms with Crippen molar-refractivity contribution in [2.45, 2.75) is 33.1 Å². The van der Waals surface area contributed by atoms with Crippen molar-refractivity contribution in [1.82, 2.24) is 4.90 Å². The van der Waals surface area contributed by atoms with Crippen LogP contribution < -0.4 is 5.32 Å². The number of aryl methyl sites for hydroxylation is 2. The number of aliphatic imine (C=N–C) groups is 1. The Balaban J connectivity index is 1.83. The lowest BCUT2D eigenvalue weighted by molar-refractivity contribution is 0.0972. The maximum Gasteiger partial charge on any atom is 0.163 e. The Morgan fingerprint density at radius 1 is 1.27 bits per heavy atom. The summed E-state index contributed by atoms with van der Waals surface area (Å²) in [6.45, 7) is 4.99.